The summed E-state index contributed by atoms with van der Waals surface area (Å²) in [6.07, 6.45) is 6.30. The molecule has 0 bridgehead atoms. The fraction of sp³-hybridized carbons (Fsp3) is 0.333. The lowest BCUT2D eigenvalue weighted by atomic mass is 9.87. The van der Waals surface area contributed by atoms with Crippen molar-refractivity contribution in [1.29, 1.82) is 0 Å². The van der Waals surface area contributed by atoms with Crippen LogP contribution in [0.2, 0.25) is 5.02 Å². The van der Waals surface area contributed by atoms with Crippen molar-refractivity contribution in [3.05, 3.63) is 45.2 Å². The van der Waals surface area contributed by atoms with Gasteiger partial charge in [0.1, 0.15) is 4.88 Å². The van der Waals surface area contributed by atoms with Gasteiger partial charge in [0.05, 0.1) is 10.7 Å². The van der Waals surface area contributed by atoms with Crippen LogP contribution < -0.4 is 5.32 Å². The Balaban J connectivity index is 1.53. The van der Waals surface area contributed by atoms with Crippen molar-refractivity contribution in [1.82, 2.24) is 4.98 Å². The van der Waals surface area contributed by atoms with Gasteiger partial charge in [0.2, 0.25) is 0 Å². The molecule has 1 aromatic carbocycles. The summed E-state index contributed by atoms with van der Waals surface area (Å²) in [4.78, 5) is 17.8. The molecule has 0 aliphatic heterocycles. The van der Waals surface area contributed by atoms with Crippen LogP contribution in [0.5, 0.6) is 0 Å². The molecule has 4 rings (SSSR count). The first-order valence-electron chi connectivity index (χ1n) is 8.16. The zero-order chi connectivity index (χ0) is 16.5. The summed E-state index contributed by atoms with van der Waals surface area (Å²) < 4.78 is 1.02. The third-order valence-corrected chi connectivity index (χ3v) is 6.96. The van der Waals surface area contributed by atoms with Crippen molar-refractivity contribution in [2.24, 2.45) is 0 Å². The molecule has 1 aliphatic rings. The Hall–Kier alpha value is -1.43. The largest absolute Gasteiger partial charge is 0.297 e. The average molecular weight is 377 g/mol. The first-order valence-corrected chi connectivity index (χ1v) is 10.2. The van der Waals surface area contributed by atoms with E-state index in [0.29, 0.717) is 20.9 Å². The average Bonchev–Trinajstić information content (AvgIpc) is 3.21. The highest BCUT2D eigenvalue weighted by Crippen LogP contribution is 2.37. The molecule has 124 valence electrons. The number of nitrogens with one attached hydrogen (secondary N) is 1. The van der Waals surface area contributed by atoms with E-state index in [1.807, 2.05) is 24.3 Å². The van der Waals surface area contributed by atoms with Gasteiger partial charge in [-0.3, -0.25) is 10.1 Å². The van der Waals surface area contributed by atoms with Gasteiger partial charge in [-0.25, -0.2) is 4.98 Å². The van der Waals surface area contributed by atoms with Gasteiger partial charge in [-0.05, 0) is 18.9 Å². The van der Waals surface area contributed by atoms with E-state index in [4.69, 9.17) is 11.6 Å². The molecule has 1 N–H and O–H groups in total. The highest BCUT2D eigenvalue weighted by Gasteiger charge is 2.21. The Morgan fingerprint density at radius 1 is 1.21 bits per heavy atom. The van der Waals surface area contributed by atoms with Gasteiger partial charge in [0.25, 0.3) is 5.91 Å². The van der Waals surface area contributed by atoms with Crippen LogP contribution in [-0.2, 0) is 0 Å². The van der Waals surface area contributed by atoms with Gasteiger partial charge in [0, 0.05) is 21.4 Å². The van der Waals surface area contributed by atoms with E-state index in [-0.39, 0.29) is 5.91 Å². The van der Waals surface area contributed by atoms with E-state index in [9.17, 15) is 4.79 Å². The normalized spacial score (nSPS) is 15.7. The molecule has 0 spiro atoms. The molecule has 3 aromatic rings. The van der Waals surface area contributed by atoms with Crippen molar-refractivity contribution in [3.63, 3.8) is 0 Å². The number of thiazole rings is 1. The van der Waals surface area contributed by atoms with Crippen LogP contribution in [0.15, 0.2) is 29.6 Å². The maximum atomic E-state index is 12.6. The lowest BCUT2D eigenvalue weighted by Gasteiger charge is -2.19. The molecule has 1 aliphatic carbocycles. The van der Waals surface area contributed by atoms with Gasteiger partial charge in [-0.15, -0.1) is 22.7 Å². The number of nitrogens with zero attached hydrogens (tertiary/aromatic N) is 1. The summed E-state index contributed by atoms with van der Waals surface area (Å²) in [7, 11) is 0. The van der Waals surface area contributed by atoms with Gasteiger partial charge in [0.15, 0.2) is 5.13 Å². The molecular formula is C18H17ClN2OS2. The first kappa shape index (κ1) is 16.1. The maximum absolute atomic E-state index is 12.6. The third kappa shape index (κ3) is 3.08. The van der Waals surface area contributed by atoms with Crippen LogP contribution >= 0.6 is 34.3 Å². The number of thiophene rings is 1. The summed E-state index contributed by atoms with van der Waals surface area (Å²) >= 11 is 9.29. The number of carbonyl (C=O) groups excluding carboxylic acids is 1. The van der Waals surface area contributed by atoms with Crippen molar-refractivity contribution in [2.45, 2.75) is 38.0 Å². The summed E-state index contributed by atoms with van der Waals surface area (Å²) in [5, 5.41) is 7.11. The quantitative estimate of drug-likeness (QED) is 0.581. The number of fused-ring (bicyclic) bond motifs is 1. The summed E-state index contributed by atoms with van der Waals surface area (Å²) in [5.41, 5.74) is 1.12. The minimum absolute atomic E-state index is 0.175. The van der Waals surface area contributed by atoms with Gasteiger partial charge < -0.3 is 0 Å². The number of rotatable bonds is 3. The second-order valence-electron chi connectivity index (χ2n) is 6.11. The molecule has 2 aromatic heterocycles. The lowest BCUT2D eigenvalue weighted by molar-refractivity contribution is 0.103. The Kier molecular flexibility index (Phi) is 4.57. The number of benzene rings is 1. The van der Waals surface area contributed by atoms with E-state index >= 15 is 0 Å². The SMILES string of the molecule is O=C(Nc1nc(C2CCCCC2)cs1)c1sc2ccccc2c1Cl. The monoisotopic (exact) mass is 376 g/mol. The summed E-state index contributed by atoms with van der Waals surface area (Å²) in [6, 6.07) is 7.80. The predicted molar refractivity (Wildman–Crippen MR) is 103 cm³/mol. The van der Waals surface area contributed by atoms with E-state index < -0.39 is 0 Å². The Morgan fingerprint density at radius 3 is 2.79 bits per heavy atom. The molecule has 1 amide bonds. The second-order valence-corrected chi connectivity index (χ2v) is 8.40. The number of amides is 1. The van der Waals surface area contributed by atoms with Crippen molar-refractivity contribution in [3.8, 4) is 0 Å². The minimum atomic E-state index is -0.175. The molecule has 24 heavy (non-hydrogen) atoms. The van der Waals surface area contributed by atoms with Crippen LogP contribution in [0.25, 0.3) is 10.1 Å². The molecule has 0 saturated heterocycles. The number of halogens is 1. The van der Waals surface area contributed by atoms with Crippen LogP contribution in [0.4, 0.5) is 5.13 Å². The molecule has 0 atom stereocenters. The lowest BCUT2D eigenvalue weighted by Crippen LogP contribution is -2.11. The molecule has 1 saturated carbocycles. The molecule has 6 heteroatoms. The zero-order valence-corrected chi connectivity index (χ0v) is 15.4. The van der Waals surface area contributed by atoms with Crippen LogP contribution in [0, 0.1) is 0 Å². The fourth-order valence-corrected chi connectivity index (χ4v) is 5.44. The zero-order valence-electron chi connectivity index (χ0n) is 13.0. The minimum Gasteiger partial charge on any atom is -0.297 e. The number of anilines is 1. The van der Waals surface area contributed by atoms with E-state index in [1.165, 1.54) is 54.8 Å². The van der Waals surface area contributed by atoms with E-state index in [1.54, 1.807) is 0 Å². The second kappa shape index (κ2) is 6.82. The van der Waals surface area contributed by atoms with Crippen LogP contribution in [0.1, 0.15) is 53.4 Å². The molecule has 2 heterocycles. The molecule has 0 unspecified atom stereocenters. The number of carbonyl (C=O) groups is 1. The third-order valence-electron chi connectivity index (χ3n) is 4.51. The Morgan fingerprint density at radius 2 is 2.00 bits per heavy atom. The van der Waals surface area contributed by atoms with Crippen LogP contribution in [0.3, 0.4) is 0 Å². The molecule has 0 radical (unpaired) electrons. The highest BCUT2D eigenvalue weighted by molar-refractivity contribution is 7.21. The summed E-state index contributed by atoms with van der Waals surface area (Å²) in [5.74, 6) is 0.374. The van der Waals surface area contributed by atoms with Crippen molar-refractivity contribution < 1.29 is 4.79 Å². The Labute approximate surface area is 153 Å². The highest BCUT2D eigenvalue weighted by atomic mass is 35.5. The van der Waals surface area contributed by atoms with Crippen molar-refractivity contribution in [2.75, 3.05) is 5.32 Å². The summed E-state index contributed by atoms with van der Waals surface area (Å²) in [6.45, 7) is 0. The Bertz CT molecular complexity index is 880. The number of hydrogen-bond acceptors (Lipinski definition) is 4. The van der Waals surface area contributed by atoms with Gasteiger partial charge in [-0.2, -0.15) is 0 Å². The molecule has 3 nitrogen and oxygen atoms in total. The van der Waals surface area contributed by atoms with Gasteiger partial charge in [-0.1, -0.05) is 49.1 Å². The van der Waals surface area contributed by atoms with Crippen molar-refractivity contribution >= 4 is 55.4 Å². The number of aromatic nitrogens is 1. The number of hydrogen-bond donors (Lipinski definition) is 1. The standard InChI is InChI=1S/C18H17ClN2OS2/c19-15-12-8-4-5-9-14(12)24-16(15)17(22)21-18-20-13(10-23-18)11-6-2-1-3-7-11/h4-5,8-11H,1-3,6-7H2,(H,20,21,22). The first-order chi connectivity index (χ1) is 11.7. The fourth-order valence-electron chi connectivity index (χ4n) is 3.24. The smallest absolute Gasteiger partial charge is 0.269 e. The maximum Gasteiger partial charge on any atom is 0.269 e. The molecular weight excluding hydrogens is 360 g/mol. The van der Waals surface area contributed by atoms with Gasteiger partial charge >= 0.3 is 0 Å². The predicted octanol–water partition coefficient (Wildman–Crippen LogP) is 6.31. The van der Waals surface area contributed by atoms with E-state index in [0.717, 1.165) is 15.8 Å². The van der Waals surface area contributed by atoms with Crippen LogP contribution in [-0.4, -0.2) is 10.9 Å². The molecule has 1 fully saturated rings. The topological polar surface area (TPSA) is 42.0 Å². The van der Waals surface area contributed by atoms with E-state index in [2.05, 4.69) is 15.7 Å².